The number of benzene rings is 1. The number of aliphatic imine (C=N–C) groups is 1. The van der Waals surface area contributed by atoms with Crippen LogP contribution in [0.25, 0.3) is 0 Å². The molecule has 0 saturated heterocycles. The highest BCUT2D eigenvalue weighted by Gasteiger charge is 2.40. The Morgan fingerprint density at radius 2 is 2.04 bits per heavy atom. The highest BCUT2D eigenvalue weighted by atomic mass is 15.5. The van der Waals surface area contributed by atoms with Crippen LogP contribution in [0.5, 0.6) is 0 Å². The summed E-state index contributed by atoms with van der Waals surface area (Å²) >= 11 is 0. The molecule has 2 aliphatic rings. The summed E-state index contributed by atoms with van der Waals surface area (Å²) in [6.45, 7) is 2.06. The monoisotopic (exact) mass is 361 g/mol. The van der Waals surface area contributed by atoms with Gasteiger partial charge in [0, 0.05) is 17.8 Å². The molecular formula is C20H23N7. The van der Waals surface area contributed by atoms with Crippen LogP contribution in [0.3, 0.4) is 0 Å². The molecule has 0 amide bonds. The number of H-pyrrole nitrogens is 1. The van der Waals surface area contributed by atoms with Gasteiger partial charge in [-0.05, 0) is 43.5 Å². The van der Waals surface area contributed by atoms with Crippen molar-refractivity contribution in [3.05, 3.63) is 77.4 Å². The number of guanidine groups is 1. The maximum Gasteiger partial charge on any atom is 0.213 e. The second-order valence-electron chi connectivity index (χ2n) is 7.36. The third-order valence-corrected chi connectivity index (χ3v) is 5.32. The molecule has 2 atom stereocenters. The highest BCUT2D eigenvalue weighted by molar-refractivity contribution is 5.90. The van der Waals surface area contributed by atoms with Crippen LogP contribution in [0.1, 0.15) is 54.4 Å². The molecule has 5 rings (SSSR count). The van der Waals surface area contributed by atoms with E-state index in [1.807, 2.05) is 41.2 Å². The fourth-order valence-corrected chi connectivity index (χ4v) is 3.59. The summed E-state index contributed by atoms with van der Waals surface area (Å²) in [5.74, 6) is 1.21. The number of hydrogen-bond donors (Lipinski definition) is 4. The molecule has 0 spiro atoms. The number of nitrogens with zero attached hydrogens (tertiary/aromatic N) is 3. The summed E-state index contributed by atoms with van der Waals surface area (Å²) < 4.78 is 1.90. The molecule has 2 aromatic heterocycles. The molecule has 3 aromatic rings. The van der Waals surface area contributed by atoms with Crippen LogP contribution in [-0.2, 0) is 5.66 Å². The van der Waals surface area contributed by atoms with E-state index in [1.165, 1.54) is 12.8 Å². The van der Waals surface area contributed by atoms with Gasteiger partial charge in [-0.2, -0.15) is 5.10 Å². The van der Waals surface area contributed by atoms with Gasteiger partial charge in [-0.3, -0.25) is 20.9 Å². The zero-order valence-electron chi connectivity index (χ0n) is 15.2. The summed E-state index contributed by atoms with van der Waals surface area (Å²) in [5.41, 5.74) is 13.1. The first-order valence-electron chi connectivity index (χ1n) is 9.34. The van der Waals surface area contributed by atoms with E-state index in [4.69, 9.17) is 10.7 Å². The van der Waals surface area contributed by atoms with Gasteiger partial charge < -0.3 is 5.32 Å². The second-order valence-corrected chi connectivity index (χ2v) is 7.36. The summed E-state index contributed by atoms with van der Waals surface area (Å²) in [6.07, 6.45) is 4.37. The van der Waals surface area contributed by atoms with Gasteiger partial charge in [-0.25, -0.2) is 4.99 Å². The van der Waals surface area contributed by atoms with E-state index in [0.717, 1.165) is 22.6 Å². The molecule has 138 valence electrons. The number of aromatic nitrogens is 3. The first-order chi connectivity index (χ1) is 13.1. The number of nitrogens with one attached hydrogen (secondary N) is 3. The van der Waals surface area contributed by atoms with Crippen LogP contribution in [0.2, 0.25) is 0 Å². The lowest BCUT2D eigenvalue weighted by Crippen LogP contribution is -2.62. The molecule has 0 radical (unpaired) electrons. The lowest BCUT2D eigenvalue weighted by molar-refractivity contribution is 0.434. The fraction of sp³-hybridized carbons (Fsp3) is 0.300. The van der Waals surface area contributed by atoms with Gasteiger partial charge in [0.15, 0.2) is 5.66 Å². The zero-order chi connectivity index (χ0) is 18.4. The molecule has 1 fully saturated rings. The van der Waals surface area contributed by atoms with E-state index < -0.39 is 5.66 Å². The SMILES string of the molecule is C[C@H](N=C1Nn2cccc2C(N)(c2cc(C3CC3)[nH]n2)N1)c1ccccc1. The molecule has 1 unspecified atom stereocenters. The highest BCUT2D eigenvalue weighted by Crippen LogP contribution is 2.40. The lowest BCUT2D eigenvalue weighted by Gasteiger charge is -2.36. The second kappa shape index (κ2) is 5.99. The van der Waals surface area contributed by atoms with Crippen LogP contribution < -0.4 is 16.5 Å². The number of nitrogens with two attached hydrogens (primary N) is 1. The Labute approximate surface area is 157 Å². The van der Waals surface area contributed by atoms with Crippen LogP contribution >= 0.6 is 0 Å². The van der Waals surface area contributed by atoms with Crippen molar-refractivity contribution < 1.29 is 0 Å². The predicted octanol–water partition coefficient (Wildman–Crippen LogP) is 2.51. The largest absolute Gasteiger partial charge is 0.327 e. The van der Waals surface area contributed by atoms with Gasteiger partial charge in [0.25, 0.3) is 0 Å². The minimum absolute atomic E-state index is 0.0104. The van der Waals surface area contributed by atoms with Crippen molar-refractivity contribution in [1.82, 2.24) is 20.2 Å². The van der Waals surface area contributed by atoms with Crippen molar-refractivity contribution in [2.24, 2.45) is 10.7 Å². The Morgan fingerprint density at radius 3 is 2.81 bits per heavy atom. The summed E-state index contributed by atoms with van der Waals surface area (Å²) in [6, 6.07) is 16.2. The van der Waals surface area contributed by atoms with Crippen LogP contribution in [0.15, 0.2) is 59.7 Å². The lowest BCUT2D eigenvalue weighted by atomic mass is 10.0. The molecule has 27 heavy (non-hydrogen) atoms. The van der Waals surface area contributed by atoms with Crippen molar-refractivity contribution in [1.29, 1.82) is 0 Å². The molecule has 7 heteroatoms. The number of hydrogen-bond acceptors (Lipinski definition) is 3. The average molecular weight is 361 g/mol. The minimum atomic E-state index is -0.951. The number of rotatable bonds is 4. The topological polar surface area (TPSA) is 96.0 Å². The van der Waals surface area contributed by atoms with E-state index >= 15 is 0 Å². The van der Waals surface area contributed by atoms with E-state index in [9.17, 15) is 0 Å². The Bertz CT molecular complexity index is 983. The third-order valence-electron chi connectivity index (χ3n) is 5.32. The van der Waals surface area contributed by atoms with Gasteiger partial charge >= 0.3 is 0 Å². The molecule has 7 nitrogen and oxygen atoms in total. The van der Waals surface area contributed by atoms with Gasteiger partial charge in [-0.1, -0.05) is 30.3 Å². The standard InChI is InChI=1S/C20H23N7/c1-13(14-6-3-2-4-7-14)22-19-23-20(21,18-8-5-11-27(18)26-19)17-12-16(24-25-17)15-9-10-15/h2-8,11-13,15H,9-10,21H2,1H3,(H,24,25)(H2,22,23,26)/t13-,20?/m0/s1. The van der Waals surface area contributed by atoms with Crippen molar-refractivity contribution in [3.63, 3.8) is 0 Å². The summed E-state index contributed by atoms with van der Waals surface area (Å²) in [4.78, 5) is 4.82. The Hall–Kier alpha value is -3.06. The van der Waals surface area contributed by atoms with Crippen molar-refractivity contribution in [2.75, 3.05) is 5.43 Å². The van der Waals surface area contributed by atoms with Crippen molar-refractivity contribution in [2.45, 2.75) is 37.4 Å². The fourth-order valence-electron chi connectivity index (χ4n) is 3.59. The Morgan fingerprint density at radius 1 is 1.22 bits per heavy atom. The quantitative estimate of drug-likeness (QED) is 0.574. The van der Waals surface area contributed by atoms with Gasteiger partial charge in [0.2, 0.25) is 5.96 Å². The van der Waals surface area contributed by atoms with Gasteiger partial charge in [-0.15, -0.1) is 0 Å². The van der Waals surface area contributed by atoms with Crippen LogP contribution in [0, 0.1) is 0 Å². The molecule has 1 aliphatic carbocycles. The van der Waals surface area contributed by atoms with Crippen molar-refractivity contribution >= 4 is 5.96 Å². The van der Waals surface area contributed by atoms with E-state index in [2.05, 4.69) is 46.1 Å². The smallest absolute Gasteiger partial charge is 0.213 e. The summed E-state index contributed by atoms with van der Waals surface area (Å²) in [5, 5.41) is 11.0. The first kappa shape index (κ1) is 16.1. The zero-order valence-corrected chi connectivity index (χ0v) is 15.2. The molecule has 1 aromatic carbocycles. The Kier molecular flexibility index (Phi) is 3.58. The van der Waals surface area contributed by atoms with E-state index in [1.54, 1.807) is 0 Å². The van der Waals surface area contributed by atoms with Crippen LogP contribution in [-0.4, -0.2) is 20.8 Å². The maximum atomic E-state index is 6.84. The summed E-state index contributed by atoms with van der Waals surface area (Å²) in [7, 11) is 0. The Balaban J connectivity index is 1.51. The van der Waals surface area contributed by atoms with Crippen LogP contribution in [0.4, 0.5) is 0 Å². The normalized spacial score (nSPS) is 24.1. The molecule has 0 bridgehead atoms. The molecule has 5 N–H and O–H groups in total. The van der Waals surface area contributed by atoms with Gasteiger partial charge in [0.1, 0.15) is 5.69 Å². The molecule has 1 saturated carbocycles. The van der Waals surface area contributed by atoms with Crippen molar-refractivity contribution in [3.8, 4) is 0 Å². The minimum Gasteiger partial charge on any atom is -0.327 e. The maximum absolute atomic E-state index is 6.84. The molecule has 1 aliphatic heterocycles. The predicted molar refractivity (Wildman–Crippen MR) is 105 cm³/mol. The number of fused-ring (bicyclic) bond motifs is 1. The first-order valence-corrected chi connectivity index (χ1v) is 9.34. The van der Waals surface area contributed by atoms with E-state index in [0.29, 0.717) is 11.9 Å². The molecular weight excluding hydrogens is 338 g/mol. The molecule has 3 heterocycles. The van der Waals surface area contributed by atoms with Gasteiger partial charge in [0.05, 0.1) is 11.7 Å². The number of aromatic amines is 1. The third kappa shape index (κ3) is 2.80. The average Bonchev–Trinajstić information content (AvgIpc) is 3.19. The van der Waals surface area contributed by atoms with E-state index in [-0.39, 0.29) is 6.04 Å².